The lowest BCUT2D eigenvalue weighted by Crippen LogP contribution is -2.42. The normalized spacial score (nSPS) is 27.8. The van der Waals surface area contributed by atoms with E-state index in [1.165, 1.54) is 35.6 Å². The van der Waals surface area contributed by atoms with E-state index in [9.17, 15) is 0 Å². The lowest BCUT2D eigenvalue weighted by molar-refractivity contribution is 0.128. The Kier molecular flexibility index (Phi) is 3.43. The Hall–Kier alpha value is -0.470. The van der Waals surface area contributed by atoms with E-state index in [-0.39, 0.29) is 0 Å². The van der Waals surface area contributed by atoms with Crippen molar-refractivity contribution in [1.29, 1.82) is 0 Å². The van der Waals surface area contributed by atoms with E-state index in [2.05, 4.69) is 62.7 Å². The number of nitrogens with zero attached hydrogens (tertiary/aromatic N) is 1. The second-order valence-electron chi connectivity index (χ2n) is 6.86. The van der Waals surface area contributed by atoms with Crippen molar-refractivity contribution >= 4 is 11.8 Å². The zero-order chi connectivity index (χ0) is 13.6. The van der Waals surface area contributed by atoms with Gasteiger partial charge in [-0.1, -0.05) is 31.5 Å². The first-order chi connectivity index (χ1) is 9.00. The van der Waals surface area contributed by atoms with E-state index in [1.54, 1.807) is 5.56 Å². The van der Waals surface area contributed by atoms with Crippen LogP contribution < -0.4 is 0 Å². The molecule has 1 fully saturated rings. The Bertz CT molecular complexity index is 480. The Morgan fingerprint density at radius 3 is 2.79 bits per heavy atom. The summed E-state index contributed by atoms with van der Waals surface area (Å²) in [5.74, 6) is 1.97. The molecule has 1 saturated heterocycles. The highest BCUT2D eigenvalue weighted by Gasteiger charge is 2.44. The van der Waals surface area contributed by atoms with Gasteiger partial charge in [0.2, 0.25) is 0 Å². The molecule has 0 radical (unpaired) electrons. The van der Waals surface area contributed by atoms with Gasteiger partial charge in [-0.15, -0.1) is 11.8 Å². The van der Waals surface area contributed by atoms with Crippen molar-refractivity contribution in [1.82, 2.24) is 4.90 Å². The zero-order valence-corrected chi connectivity index (χ0v) is 13.4. The summed E-state index contributed by atoms with van der Waals surface area (Å²) in [7, 11) is 2.30. The topological polar surface area (TPSA) is 3.24 Å². The molecule has 19 heavy (non-hydrogen) atoms. The van der Waals surface area contributed by atoms with E-state index < -0.39 is 0 Å². The van der Waals surface area contributed by atoms with E-state index in [0.29, 0.717) is 11.3 Å². The molecule has 0 N–H and O–H groups in total. The van der Waals surface area contributed by atoms with E-state index in [4.69, 9.17) is 0 Å². The summed E-state index contributed by atoms with van der Waals surface area (Å²) in [6.07, 6.45) is 2.73. The first-order valence-electron chi connectivity index (χ1n) is 7.43. The van der Waals surface area contributed by atoms with Gasteiger partial charge in [-0.3, -0.25) is 0 Å². The molecule has 0 spiro atoms. The zero-order valence-electron chi connectivity index (χ0n) is 12.6. The second kappa shape index (κ2) is 4.82. The van der Waals surface area contributed by atoms with Gasteiger partial charge in [0.25, 0.3) is 0 Å². The number of hydrogen-bond acceptors (Lipinski definition) is 2. The van der Waals surface area contributed by atoms with Crippen LogP contribution in [-0.4, -0.2) is 30.3 Å². The Morgan fingerprint density at radius 2 is 2.11 bits per heavy atom. The van der Waals surface area contributed by atoms with Crippen molar-refractivity contribution in [2.75, 3.05) is 19.3 Å². The van der Waals surface area contributed by atoms with Gasteiger partial charge in [-0.25, -0.2) is 0 Å². The number of thioether (sulfide) groups is 1. The number of hydrogen-bond donors (Lipinski definition) is 0. The van der Waals surface area contributed by atoms with Gasteiger partial charge in [0, 0.05) is 22.6 Å². The van der Waals surface area contributed by atoms with Crippen molar-refractivity contribution < 1.29 is 0 Å². The third-order valence-electron chi connectivity index (χ3n) is 5.22. The molecular weight excluding hydrogens is 250 g/mol. The van der Waals surface area contributed by atoms with Gasteiger partial charge < -0.3 is 4.90 Å². The van der Waals surface area contributed by atoms with Crippen LogP contribution in [0.25, 0.3) is 0 Å². The summed E-state index contributed by atoms with van der Waals surface area (Å²) in [6, 6.07) is 7.74. The van der Waals surface area contributed by atoms with Crippen LogP contribution >= 0.6 is 11.8 Å². The van der Waals surface area contributed by atoms with Gasteiger partial charge in [-0.2, -0.15) is 0 Å². The molecule has 0 amide bonds. The predicted molar refractivity (Wildman–Crippen MR) is 84.1 cm³/mol. The third-order valence-corrected chi connectivity index (χ3v) is 6.41. The monoisotopic (exact) mass is 275 g/mol. The molecule has 2 aliphatic heterocycles. The Balaban J connectivity index is 1.93. The molecular formula is C17H25NS. The van der Waals surface area contributed by atoms with Crippen LogP contribution in [-0.2, 0) is 0 Å². The number of aryl methyl sites for hydroxylation is 1. The summed E-state index contributed by atoms with van der Waals surface area (Å²) in [6.45, 7) is 8.47. The minimum Gasteiger partial charge on any atom is -0.303 e. The molecule has 2 heterocycles. The highest BCUT2D eigenvalue weighted by Crippen LogP contribution is 2.52. The molecule has 104 valence electrons. The molecule has 1 aromatic rings. The van der Waals surface area contributed by atoms with Gasteiger partial charge >= 0.3 is 0 Å². The minimum atomic E-state index is 0.372. The highest BCUT2D eigenvalue weighted by atomic mass is 32.2. The maximum Gasteiger partial charge on any atom is 0.0150 e. The third kappa shape index (κ3) is 2.23. The molecule has 2 heteroatoms. The minimum absolute atomic E-state index is 0.372. The van der Waals surface area contributed by atoms with E-state index in [1.807, 2.05) is 0 Å². The molecule has 3 rings (SSSR count). The fraction of sp³-hybridized carbons (Fsp3) is 0.647. The Labute approximate surface area is 121 Å². The van der Waals surface area contributed by atoms with Crippen LogP contribution in [0.5, 0.6) is 0 Å². The van der Waals surface area contributed by atoms with Crippen LogP contribution in [0, 0.1) is 12.3 Å². The quantitative estimate of drug-likeness (QED) is 0.791. The fourth-order valence-electron chi connectivity index (χ4n) is 4.03. The summed E-state index contributed by atoms with van der Waals surface area (Å²) in [5, 5.41) is 0. The number of fused-ring (bicyclic) bond motifs is 1. The number of benzene rings is 1. The van der Waals surface area contributed by atoms with E-state index in [0.717, 1.165) is 6.04 Å². The summed E-state index contributed by atoms with van der Waals surface area (Å²) in [5.41, 5.74) is 3.38. The second-order valence-corrected chi connectivity index (χ2v) is 7.93. The summed E-state index contributed by atoms with van der Waals surface area (Å²) >= 11 is 2.05. The van der Waals surface area contributed by atoms with Crippen molar-refractivity contribution in [2.45, 2.75) is 50.5 Å². The SMILES string of the molecule is Cc1ccc2c(c1)C(C(C)(C)C1CCCN1C)CS2. The summed E-state index contributed by atoms with van der Waals surface area (Å²) in [4.78, 5) is 4.10. The molecule has 0 bridgehead atoms. The summed E-state index contributed by atoms with van der Waals surface area (Å²) < 4.78 is 0. The molecule has 0 aliphatic carbocycles. The number of likely N-dealkylation sites (tertiary alicyclic amines) is 1. The van der Waals surface area contributed by atoms with Gasteiger partial charge in [0.1, 0.15) is 0 Å². The van der Waals surface area contributed by atoms with Gasteiger partial charge in [0.05, 0.1) is 0 Å². The maximum absolute atomic E-state index is 2.58. The largest absolute Gasteiger partial charge is 0.303 e. The van der Waals surface area contributed by atoms with Crippen LogP contribution in [0.15, 0.2) is 23.1 Å². The molecule has 1 nitrogen and oxygen atoms in total. The average Bonchev–Trinajstić information content (AvgIpc) is 2.94. The predicted octanol–water partition coefficient (Wildman–Crippen LogP) is 4.30. The number of rotatable bonds is 2. The molecule has 0 saturated carbocycles. The van der Waals surface area contributed by atoms with Gasteiger partial charge in [0.15, 0.2) is 0 Å². The lowest BCUT2D eigenvalue weighted by Gasteiger charge is -2.41. The Morgan fingerprint density at radius 1 is 1.32 bits per heavy atom. The van der Waals surface area contributed by atoms with Crippen molar-refractivity contribution in [3.8, 4) is 0 Å². The molecule has 2 unspecified atom stereocenters. The van der Waals surface area contributed by atoms with Crippen molar-refractivity contribution in [2.24, 2.45) is 5.41 Å². The molecule has 1 aromatic carbocycles. The highest BCUT2D eigenvalue weighted by molar-refractivity contribution is 7.99. The average molecular weight is 275 g/mol. The first-order valence-corrected chi connectivity index (χ1v) is 8.42. The maximum atomic E-state index is 2.58. The molecule has 0 aromatic heterocycles. The molecule has 2 aliphatic rings. The van der Waals surface area contributed by atoms with E-state index >= 15 is 0 Å². The smallest absolute Gasteiger partial charge is 0.0150 e. The van der Waals surface area contributed by atoms with Crippen LogP contribution in [0.3, 0.4) is 0 Å². The fourth-order valence-corrected chi connectivity index (χ4v) is 5.52. The molecule has 2 atom stereocenters. The van der Waals surface area contributed by atoms with Crippen LogP contribution in [0.1, 0.15) is 43.7 Å². The van der Waals surface area contributed by atoms with Gasteiger partial charge in [-0.05, 0) is 50.4 Å². The van der Waals surface area contributed by atoms with Crippen LogP contribution in [0.4, 0.5) is 0 Å². The first kappa shape index (κ1) is 13.5. The van der Waals surface area contributed by atoms with Crippen molar-refractivity contribution in [3.63, 3.8) is 0 Å². The van der Waals surface area contributed by atoms with Crippen LogP contribution in [0.2, 0.25) is 0 Å². The lowest BCUT2D eigenvalue weighted by atomic mass is 9.70. The standard InChI is InChI=1S/C17H25NS/c1-12-7-8-15-13(10-12)14(11-19-15)17(2,3)16-6-5-9-18(16)4/h7-8,10,14,16H,5-6,9,11H2,1-4H3. The van der Waals surface area contributed by atoms with Crippen molar-refractivity contribution in [3.05, 3.63) is 29.3 Å².